The maximum absolute atomic E-state index is 12.5. The Morgan fingerprint density at radius 2 is 1.79 bits per heavy atom. The molecule has 0 aliphatic carbocycles. The Morgan fingerprint density at radius 3 is 2.29 bits per heavy atom. The van der Waals surface area contributed by atoms with Gasteiger partial charge in [0.1, 0.15) is 0 Å². The predicted octanol–water partition coefficient (Wildman–Crippen LogP) is 3.62. The monoisotopic (exact) mass is 407 g/mol. The van der Waals surface area contributed by atoms with E-state index in [-0.39, 0.29) is 34.7 Å². The molecule has 0 aromatic heterocycles. The Balaban J connectivity index is 1.80. The molecule has 0 bridgehead atoms. The molecule has 1 aromatic rings. The number of likely N-dealkylation sites (tertiary alicyclic amines) is 1. The van der Waals surface area contributed by atoms with Gasteiger partial charge in [0, 0.05) is 42.1 Å². The second-order valence-electron chi connectivity index (χ2n) is 7.13. The number of nitrogens with zero attached hydrogens (tertiary/aromatic N) is 2. The fraction of sp³-hybridized carbons (Fsp3) is 0.600. The van der Waals surface area contributed by atoms with E-state index in [4.69, 9.17) is 0 Å². The third-order valence-electron chi connectivity index (χ3n) is 5.22. The van der Waals surface area contributed by atoms with Gasteiger partial charge in [-0.2, -0.15) is 0 Å². The third-order valence-corrected chi connectivity index (χ3v) is 6.33. The average molecular weight is 408 g/mol. The molecule has 0 radical (unpaired) electrons. The van der Waals surface area contributed by atoms with E-state index in [0.717, 1.165) is 30.6 Å². The third kappa shape index (κ3) is 5.95. The summed E-state index contributed by atoms with van der Waals surface area (Å²) >= 11 is 1.38. The number of non-ortho nitro benzene ring substituents is 1. The van der Waals surface area contributed by atoms with Crippen molar-refractivity contribution in [1.82, 2.24) is 10.2 Å². The van der Waals surface area contributed by atoms with Crippen LogP contribution in [0.25, 0.3) is 0 Å². The quantitative estimate of drug-likeness (QED) is 0.404. The molecule has 154 valence electrons. The number of amides is 2. The highest BCUT2D eigenvalue weighted by molar-refractivity contribution is 8.00. The van der Waals surface area contributed by atoms with Crippen molar-refractivity contribution in [3.63, 3.8) is 0 Å². The largest absolute Gasteiger partial charge is 0.352 e. The topological polar surface area (TPSA) is 92.6 Å². The number of thioether (sulfide) groups is 1. The number of hydrogen-bond acceptors (Lipinski definition) is 5. The van der Waals surface area contributed by atoms with Gasteiger partial charge in [0.15, 0.2) is 0 Å². The number of piperidine rings is 1. The smallest absolute Gasteiger partial charge is 0.269 e. The van der Waals surface area contributed by atoms with Crippen LogP contribution in [0.3, 0.4) is 0 Å². The number of nitro groups is 1. The first-order valence-corrected chi connectivity index (χ1v) is 10.7. The number of hydrogen-bond donors (Lipinski definition) is 1. The summed E-state index contributed by atoms with van der Waals surface area (Å²) in [4.78, 5) is 38.0. The number of nitrogens with one attached hydrogen (secondary N) is 1. The lowest BCUT2D eigenvalue weighted by molar-refractivity contribution is -0.384. The maximum Gasteiger partial charge on any atom is 0.269 e. The van der Waals surface area contributed by atoms with E-state index >= 15 is 0 Å². The first-order valence-electron chi connectivity index (χ1n) is 9.85. The summed E-state index contributed by atoms with van der Waals surface area (Å²) in [5, 5.41) is 13.5. The van der Waals surface area contributed by atoms with E-state index in [0.29, 0.717) is 13.1 Å². The first-order chi connectivity index (χ1) is 13.3. The van der Waals surface area contributed by atoms with E-state index < -0.39 is 4.92 Å². The molecule has 1 heterocycles. The highest BCUT2D eigenvalue weighted by Gasteiger charge is 2.28. The minimum Gasteiger partial charge on any atom is -0.352 e. The lowest BCUT2D eigenvalue weighted by atomic mass is 9.98. The standard InChI is InChI=1S/C20H29N3O4S/c1-4-15(5-2)20(25)22-12-10-16(11-13-22)21-19(24)14(3)28-18-8-6-17(7-9-18)23(26)27/h6-9,14-16H,4-5,10-13H2,1-3H3,(H,21,24). The molecule has 2 amide bonds. The first kappa shape index (κ1) is 22.2. The fourth-order valence-electron chi connectivity index (χ4n) is 3.36. The van der Waals surface area contributed by atoms with Crippen LogP contribution in [-0.4, -0.2) is 46.0 Å². The molecule has 1 aliphatic heterocycles. The van der Waals surface area contributed by atoms with Gasteiger partial charge in [-0.1, -0.05) is 13.8 Å². The Morgan fingerprint density at radius 1 is 1.21 bits per heavy atom. The Bertz CT molecular complexity index is 683. The van der Waals surface area contributed by atoms with Crippen molar-refractivity contribution in [2.24, 2.45) is 5.92 Å². The van der Waals surface area contributed by atoms with Gasteiger partial charge in [-0.3, -0.25) is 19.7 Å². The van der Waals surface area contributed by atoms with Gasteiger partial charge in [0.25, 0.3) is 5.69 Å². The molecule has 1 unspecified atom stereocenters. The lowest BCUT2D eigenvalue weighted by Gasteiger charge is -2.34. The molecule has 1 aromatic carbocycles. The molecule has 1 atom stereocenters. The van der Waals surface area contributed by atoms with Crippen molar-refractivity contribution >= 4 is 29.3 Å². The van der Waals surface area contributed by atoms with Crippen LogP contribution >= 0.6 is 11.8 Å². The summed E-state index contributed by atoms with van der Waals surface area (Å²) in [6.07, 6.45) is 3.27. The average Bonchev–Trinajstić information content (AvgIpc) is 2.69. The van der Waals surface area contributed by atoms with Crippen molar-refractivity contribution in [3.8, 4) is 0 Å². The van der Waals surface area contributed by atoms with E-state index in [1.54, 1.807) is 12.1 Å². The molecular weight excluding hydrogens is 378 g/mol. The normalized spacial score (nSPS) is 16.1. The predicted molar refractivity (Wildman–Crippen MR) is 110 cm³/mol. The van der Waals surface area contributed by atoms with Gasteiger partial charge < -0.3 is 10.2 Å². The Labute approximate surface area is 170 Å². The summed E-state index contributed by atoms with van der Waals surface area (Å²) < 4.78 is 0. The van der Waals surface area contributed by atoms with E-state index in [9.17, 15) is 19.7 Å². The highest BCUT2D eigenvalue weighted by atomic mass is 32.2. The minimum atomic E-state index is -0.440. The number of carbonyl (C=O) groups excluding carboxylic acids is 2. The van der Waals surface area contributed by atoms with Crippen molar-refractivity contribution in [2.75, 3.05) is 13.1 Å². The number of nitro benzene ring substituents is 1. The zero-order chi connectivity index (χ0) is 20.7. The second-order valence-corrected chi connectivity index (χ2v) is 8.55. The molecule has 0 spiro atoms. The van der Waals surface area contributed by atoms with Crippen LogP contribution in [0.5, 0.6) is 0 Å². The summed E-state index contributed by atoms with van der Waals surface area (Å²) in [6.45, 7) is 7.29. The molecule has 28 heavy (non-hydrogen) atoms. The van der Waals surface area contributed by atoms with Gasteiger partial charge in [-0.05, 0) is 44.7 Å². The zero-order valence-corrected chi connectivity index (χ0v) is 17.5. The lowest BCUT2D eigenvalue weighted by Crippen LogP contribution is -2.49. The van der Waals surface area contributed by atoms with E-state index in [1.807, 2.05) is 25.7 Å². The molecule has 1 N–H and O–H groups in total. The van der Waals surface area contributed by atoms with Crippen LogP contribution in [0.15, 0.2) is 29.2 Å². The summed E-state index contributed by atoms with van der Waals surface area (Å²) in [5.41, 5.74) is 0.0381. The van der Waals surface area contributed by atoms with Crippen LogP contribution in [-0.2, 0) is 9.59 Å². The Kier molecular flexibility index (Phi) is 8.29. The van der Waals surface area contributed by atoms with Gasteiger partial charge in [-0.15, -0.1) is 11.8 Å². The molecule has 0 saturated carbocycles. The van der Waals surface area contributed by atoms with E-state index in [1.165, 1.54) is 23.9 Å². The maximum atomic E-state index is 12.5. The zero-order valence-electron chi connectivity index (χ0n) is 16.7. The van der Waals surface area contributed by atoms with Crippen molar-refractivity contribution < 1.29 is 14.5 Å². The van der Waals surface area contributed by atoms with Crippen LogP contribution in [0.2, 0.25) is 0 Å². The molecule has 1 saturated heterocycles. The number of benzene rings is 1. The van der Waals surface area contributed by atoms with Gasteiger partial charge in [0.05, 0.1) is 10.2 Å². The molecular formula is C20H29N3O4S. The summed E-state index contributed by atoms with van der Waals surface area (Å²) in [6, 6.07) is 6.29. The van der Waals surface area contributed by atoms with Crippen LogP contribution in [0.1, 0.15) is 46.5 Å². The second kappa shape index (κ2) is 10.5. The van der Waals surface area contributed by atoms with Gasteiger partial charge in [0.2, 0.25) is 11.8 Å². The van der Waals surface area contributed by atoms with Crippen LogP contribution in [0, 0.1) is 16.0 Å². The van der Waals surface area contributed by atoms with Gasteiger partial charge in [-0.25, -0.2) is 0 Å². The van der Waals surface area contributed by atoms with Gasteiger partial charge >= 0.3 is 0 Å². The molecule has 1 fully saturated rings. The summed E-state index contributed by atoms with van der Waals surface area (Å²) in [7, 11) is 0. The van der Waals surface area contributed by atoms with Crippen molar-refractivity contribution in [2.45, 2.75) is 62.6 Å². The minimum absolute atomic E-state index is 0.0381. The molecule has 2 rings (SSSR count). The fourth-order valence-corrected chi connectivity index (χ4v) is 4.24. The number of carbonyl (C=O) groups is 2. The van der Waals surface area contributed by atoms with Crippen molar-refractivity contribution in [3.05, 3.63) is 34.4 Å². The highest BCUT2D eigenvalue weighted by Crippen LogP contribution is 2.26. The number of rotatable bonds is 8. The molecule has 1 aliphatic rings. The van der Waals surface area contributed by atoms with Crippen LogP contribution < -0.4 is 5.32 Å². The SMILES string of the molecule is CCC(CC)C(=O)N1CCC(NC(=O)C(C)Sc2ccc([N+](=O)[O-])cc2)CC1. The van der Waals surface area contributed by atoms with Crippen LogP contribution in [0.4, 0.5) is 5.69 Å². The Hall–Kier alpha value is -2.09. The van der Waals surface area contributed by atoms with Crippen molar-refractivity contribution in [1.29, 1.82) is 0 Å². The summed E-state index contributed by atoms with van der Waals surface area (Å²) in [5.74, 6) is 0.286. The molecule has 8 heteroatoms. The van der Waals surface area contributed by atoms with E-state index in [2.05, 4.69) is 5.32 Å². The molecule has 7 nitrogen and oxygen atoms in total.